The quantitative estimate of drug-likeness (QED) is 0.855. The van der Waals surface area contributed by atoms with Crippen LogP contribution in [0.3, 0.4) is 0 Å². The molecule has 2 heterocycles. The number of fused-ring (bicyclic) bond motifs is 1. The van der Waals surface area contributed by atoms with Gasteiger partial charge in [-0.05, 0) is 43.5 Å². The van der Waals surface area contributed by atoms with Gasteiger partial charge in [-0.15, -0.1) is 0 Å². The van der Waals surface area contributed by atoms with E-state index in [-0.39, 0.29) is 4.90 Å². The van der Waals surface area contributed by atoms with Crippen molar-refractivity contribution in [3.05, 3.63) is 29.8 Å². The second-order valence-corrected chi connectivity index (χ2v) is 7.27. The van der Waals surface area contributed by atoms with Crippen LogP contribution in [0.2, 0.25) is 0 Å². The summed E-state index contributed by atoms with van der Waals surface area (Å²) in [6.07, 6.45) is 3.81. The number of nitrogens with zero attached hydrogens (tertiary/aromatic N) is 1. The van der Waals surface area contributed by atoms with Crippen LogP contribution >= 0.6 is 0 Å². The molecule has 0 saturated carbocycles. The normalized spacial score (nSPS) is 26.9. The first-order valence-corrected chi connectivity index (χ1v) is 8.68. The van der Waals surface area contributed by atoms with E-state index in [1.165, 1.54) is 32.4 Å². The standard InChI is InChI=1S/C14H21N3O2S/c15-20(18,19)12-5-3-11(4-6-12)10-16-13-7-9-17-8-1-2-14(13)17/h3-6,13-14,16H,1-2,7-10H2,(H2,15,18,19). The van der Waals surface area contributed by atoms with Crippen molar-refractivity contribution in [2.75, 3.05) is 13.1 Å². The Kier molecular flexibility index (Phi) is 3.81. The third-order valence-corrected chi connectivity index (χ3v) is 5.36. The number of nitrogens with two attached hydrogens (primary N) is 1. The summed E-state index contributed by atoms with van der Waals surface area (Å²) in [6, 6.07) is 8.06. The maximum Gasteiger partial charge on any atom is 0.238 e. The second kappa shape index (κ2) is 5.44. The lowest BCUT2D eigenvalue weighted by Gasteiger charge is -2.21. The topological polar surface area (TPSA) is 75.4 Å². The zero-order chi connectivity index (χ0) is 14.2. The summed E-state index contributed by atoms with van der Waals surface area (Å²) in [5.74, 6) is 0. The summed E-state index contributed by atoms with van der Waals surface area (Å²) in [5.41, 5.74) is 1.09. The van der Waals surface area contributed by atoms with Crippen LogP contribution in [0.1, 0.15) is 24.8 Å². The highest BCUT2D eigenvalue weighted by molar-refractivity contribution is 7.89. The van der Waals surface area contributed by atoms with E-state index in [2.05, 4.69) is 10.2 Å². The van der Waals surface area contributed by atoms with E-state index < -0.39 is 10.0 Å². The van der Waals surface area contributed by atoms with Gasteiger partial charge in [-0.1, -0.05) is 12.1 Å². The van der Waals surface area contributed by atoms with Crippen LogP contribution in [0.15, 0.2) is 29.2 Å². The first-order valence-electron chi connectivity index (χ1n) is 7.13. The molecule has 0 aromatic heterocycles. The number of hydrogen-bond acceptors (Lipinski definition) is 4. The van der Waals surface area contributed by atoms with Crippen molar-refractivity contribution in [1.29, 1.82) is 0 Å². The van der Waals surface area contributed by atoms with Gasteiger partial charge < -0.3 is 5.32 Å². The highest BCUT2D eigenvalue weighted by Gasteiger charge is 2.36. The number of sulfonamides is 1. The number of nitrogens with one attached hydrogen (secondary N) is 1. The molecule has 2 aliphatic heterocycles. The molecule has 0 bridgehead atoms. The predicted octanol–water partition coefficient (Wildman–Crippen LogP) is 0.660. The Labute approximate surface area is 120 Å². The number of primary sulfonamides is 1. The highest BCUT2D eigenvalue weighted by Crippen LogP contribution is 2.28. The molecule has 2 unspecified atom stereocenters. The third-order valence-electron chi connectivity index (χ3n) is 4.43. The summed E-state index contributed by atoms with van der Waals surface area (Å²) >= 11 is 0. The maximum absolute atomic E-state index is 11.2. The van der Waals surface area contributed by atoms with Crippen molar-refractivity contribution < 1.29 is 8.42 Å². The lowest BCUT2D eigenvalue weighted by molar-refractivity contribution is 0.298. The molecular weight excluding hydrogens is 274 g/mol. The maximum atomic E-state index is 11.2. The minimum atomic E-state index is -3.59. The zero-order valence-corrected chi connectivity index (χ0v) is 12.3. The van der Waals surface area contributed by atoms with Gasteiger partial charge in [0.1, 0.15) is 0 Å². The Morgan fingerprint density at radius 2 is 1.95 bits per heavy atom. The Balaban J connectivity index is 1.59. The average Bonchev–Trinajstić information content (AvgIpc) is 2.99. The summed E-state index contributed by atoms with van der Waals surface area (Å²) in [5, 5.41) is 8.70. The molecule has 0 spiro atoms. The summed E-state index contributed by atoms with van der Waals surface area (Å²) in [4.78, 5) is 2.74. The molecule has 1 aromatic carbocycles. The van der Waals surface area contributed by atoms with Gasteiger partial charge in [0.05, 0.1) is 4.90 Å². The van der Waals surface area contributed by atoms with Gasteiger partial charge in [0.15, 0.2) is 0 Å². The molecule has 3 N–H and O–H groups in total. The van der Waals surface area contributed by atoms with E-state index >= 15 is 0 Å². The van der Waals surface area contributed by atoms with E-state index in [9.17, 15) is 8.42 Å². The van der Waals surface area contributed by atoms with Crippen molar-refractivity contribution >= 4 is 10.0 Å². The SMILES string of the molecule is NS(=O)(=O)c1ccc(CNC2CCN3CCCC23)cc1. The van der Waals surface area contributed by atoms with Crippen LogP contribution in [-0.4, -0.2) is 38.5 Å². The minimum absolute atomic E-state index is 0.170. The fraction of sp³-hybridized carbons (Fsp3) is 0.571. The first kappa shape index (κ1) is 14.0. The van der Waals surface area contributed by atoms with Crippen LogP contribution < -0.4 is 10.5 Å². The van der Waals surface area contributed by atoms with Crippen LogP contribution in [-0.2, 0) is 16.6 Å². The van der Waals surface area contributed by atoms with Gasteiger partial charge in [-0.25, -0.2) is 13.6 Å². The van der Waals surface area contributed by atoms with E-state index in [1.807, 2.05) is 12.1 Å². The highest BCUT2D eigenvalue weighted by atomic mass is 32.2. The number of hydrogen-bond donors (Lipinski definition) is 2. The number of benzene rings is 1. The van der Waals surface area contributed by atoms with E-state index in [0.717, 1.165) is 12.1 Å². The van der Waals surface area contributed by atoms with Crippen molar-refractivity contribution in [3.8, 4) is 0 Å². The average molecular weight is 295 g/mol. The summed E-state index contributed by atoms with van der Waals surface area (Å²) in [6.45, 7) is 3.22. The summed E-state index contributed by atoms with van der Waals surface area (Å²) < 4.78 is 22.4. The Hall–Kier alpha value is -0.950. The van der Waals surface area contributed by atoms with Crippen molar-refractivity contribution in [2.45, 2.75) is 42.8 Å². The Morgan fingerprint density at radius 3 is 2.65 bits per heavy atom. The van der Waals surface area contributed by atoms with Gasteiger partial charge in [0.25, 0.3) is 0 Å². The fourth-order valence-corrected chi connectivity index (χ4v) is 3.88. The lowest BCUT2D eigenvalue weighted by Crippen LogP contribution is -2.38. The smallest absolute Gasteiger partial charge is 0.238 e. The molecule has 20 heavy (non-hydrogen) atoms. The monoisotopic (exact) mass is 295 g/mol. The molecule has 3 rings (SSSR count). The molecule has 6 heteroatoms. The first-order chi connectivity index (χ1) is 9.54. The second-order valence-electron chi connectivity index (χ2n) is 5.71. The molecule has 2 fully saturated rings. The molecule has 0 aliphatic carbocycles. The Morgan fingerprint density at radius 1 is 1.20 bits per heavy atom. The third kappa shape index (κ3) is 2.88. The van der Waals surface area contributed by atoms with Crippen molar-refractivity contribution in [1.82, 2.24) is 10.2 Å². The van der Waals surface area contributed by atoms with Gasteiger partial charge in [-0.2, -0.15) is 0 Å². The van der Waals surface area contributed by atoms with Gasteiger partial charge >= 0.3 is 0 Å². The molecular formula is C14H21N3O2S. The zero-order valence-electron chi connectivity index (χ0n) is 11.5. The van der Waals surface area contributed by atoms with Crippen LogP contribution in [0.4, 0.5) is 0 Å². The van der Waals surface area contributed by atoms with Crippen molar-refractivity contribution in [2.24, 2.45) is 5.14 Å². The van der Waals surface area contributed by atoms with E-state index in [1.54, 1.807) is 12.1 Å². The lowest BCUT2D eigenvalue weighted by atomic mass is 10.1. The largest absolute Gasteiger partial charge is 0.308 e. The van der Waals surface area contributed by atoms with Gasteiger partial charge in [-0.3, -0.25) is 4.90 Å². The fourth-order valence-electron chi connectivity index (χ4n) is 3.37. The van der Waals surface area contributed by atoms with E-state index in [4.69, 9.17) is 5.14 Å². The predicted molar refractivity (Wildman–Crippen MR) is 77.7 cm³/mol. The molecule has 1 aromatic rings. The molecule has 0 radical (unpaired) electrons. The van der Waals surface area contributed by atoms with Crippen LogP contribution in [0.25, 0.3) is 0 Å². The van der Waals surface area contributed by atoms with Crippen molar-refractivity contribution in [3.63, 3.8) is 0 Å². The van der Waals surface area contributed by atoms with Gasteiger partial charge in [0, 0.05) is 25.2 Å². The summed E-state index contributed by atoms with van der Waals surface area (Å²) in [7, 11) is -3.59. The Bertz CT molecular complexity index is 571. The van der Waals surface area contributed by atoms with Crippen LogP contribution in [0.5, 0.6) is 0 Å². The molecule has 2 atom stereocenters. The molecule has 2 saturated heterocycles. The molecule has 5 nitrogen and oxygen atoms in total. The molecule has 0 amide bonds. The number of rotatable bonds is 4. The van der Waals surface area contributed by atoms with Gasteiger partial charge in [0.2, 0.25) is 10.0 Å². The van der Waals surface area contributed by atoms with Crippen LogP contribution in [0, 0.1) is 0 Å². The van der Waals surface area contributed by atoms with E-state index in [0.29, 0.717) is 12.1 Å². The molecule has 110 valence electrons. The minimum Gasteiger partial charge on any atom is -0.308 e. The molecule has 2 aliphatic rings.